The first kappa shape index (κ1) is 14.4. The third-order valence-corrected chi connectivity index (χ3v) is 4.94. The Morgan fingerprint density at radius 2 is 1.84 bits per heavy atom. The van der Waals surface area contributed by atoms with Crippen molar-refractivity contribution in [3.05, 3.63) is 46.9 Å². The lowest BCUT2D eigenvalue weighted by Crippen LogP contribution is -2.13. The van der Waals surface area contributed by atoms with Crippen molar-refractivity contribution >= 4 is 43.4 Å². The quantitative estimate of drug-likeness (QED) is 0.825. The van der Waals surface area contributed by atoms with Crippen molar-refractivity contribution in [3.63, 3.8) is 0 Å². The lowest BCUT2D eigenvalue weighted by atomic mass is 10.3. The maximum Gasteiger partial charge on any atom is 0.239 e. The van der Waals surface area contributed by atoms with Crippen LogP contribution in [-0.2, 0) is 10.0 Å². The molecule has 2 aromatic carbocycles. The molecule has 2 aromatic rings. The molecule has 0 bridgehead atoms. The second-order valence-corrected chi connectivity index (χ2v) is 7.37. The fourth-order valence-electron chi connectivity index (χ4n) is 1.49. The predicted octanol–water partition coefficient (Wildman–Crippen LogP) is 2.83. The van der Waals surface area contributed by atoms with Gasteiger partial charge in [-0.1, -0.05) is 33.8 Å². The van der Waals surface area contributed by atoms with Gasteiger partial charge in [0.1, 0.15) is 0 Å². The van der Waals surface area contributed by atoms with Gasteiger partial charge < -0.3 is 5.73 Å². The van der Waals surface area contributed by atoms with E-state index in [4.69, 9.17) is 10.9 Å². The molecule has 0 amide bonds. The lowest BCUT2D eigenvalue weighted by molar-refractivity contribution is 0.596. The first-order valence-corrected chi connectivity index (χ1v) is 8.37. The molecule has 7 heteroatoms. The van der Waals surface area contributed by atoms with E-state index in [0.29, 0.717) is 10.6 Å². The van der Waals surface area contributed by atoms with Crippen molar-refractivity contribution in [2.75, 3.05) is 5.73 Å². The standard InChI is InChI=1S/C12H11BrN2O2S2/c13-8-2-1-3-10(6-8)18-11-5-4-9(14)7-12(11)19(15,16)17/h1-7H,14H2,(H2,15,16,17). The fourth-order valence-corrected chi connectivity index (χ4v) is 4.04. The number of hydrogen-bond acceptors (Lipinski definition) is 4. The number of halogens is 1. The summed E-state index contributed by atoms with van der Waals surface area (Å²) in [4.78, 5) is 1.50. The zero-order chi connectivity index (χ0) is 14.0. The van der Waals surface area contributed by atoms with Gasteiger partial charge in [-0.3, -0.25) is 0 Å². The normalized spacial score (nSPS) is 11.5. The van der Waals surface area contributed by atoms with Crippen LogP contribution in [0.25, 0.3) is 0 Å². The van der Waals surface area contributed by atoms with Crippen molar-refractivity contribution in [2.45, 2.75) is 14.7 Å². The Kier molecular flexibility index (Phi) is 4.19. The van der Waals surface area contributed by atoms with Gasteiger partial charge in [0.15, 0.2) is 0 Å². The summed E-state index contributed by atoms with van der Waals surface area (Å²) in [5, 5.41) is 5.20. The monoisotopic (exact) mass is 358 g/mol. The highest BCUT2D eigenvalue weighted by molar-refractivity contribution is 9.10. The number of benzene rings is 2. The molecule has 0 aliphatic heterocycles. The fraction of sp³-hybridized carbons (Fsp3) is 0. The van der Waals surface area contributed by atoms with Gasteiger partial charge in [-0.05, 0) is 36.4 Å². The summed E-state index contributed by atoms with van der Waals surface area (Å²) >= 11 is 4.69. The maximum absolute atomic E-state index is 11.6. The Bertz CT molecular complexity index is 717. The van der Waals surface area contributed by atoms with Crippen LogP contribution in [0.3, 0.4) is 0 Å². The minimum Gasteiger partial charge on any atom is -0.399 e. The van der Waals surface area contributed by atoms with Crippen molar-refractivity contribution in [3.8, 4) is 0 Å². The first-order chi connectivity index (χ1) is 8.86. The average molecular weight is 359 g/mol. The van der Waals surface area contributed by atoms with Crippen LogP contribution in [-0.4, -0.2) is 8.42 Å². The molecule has 0 spiro atoms. The maximum atomic E-state index is 11.6. The van der Waals surface area contributed by atoms with Crippen molar-refractivity contribution in [1.29, 1.82) is 0 Å². The second-order valence-electron chi connectivity index (χ2n) is 3.81. The molecule has 19 heavy (non-hydrogen) atoms. The number of sulfonamides is 1. The number of primary sulfonamides is 1. The van der Waals surface area contributed by atoms with E-state index >= 15 is 0 Å². The number of anilines is 1. The smallest absolute Gasteiger partial charge is 0.239 e. The zero-order valence-electron chi connectivity index (χ0n) is 9.71. The van der Waals surface area contributed by atoms with E-state index in [0.717, 1.165) is 9.37 Å². The molecule has 0 heterocycles. The Morgan fingerprint density at radius 3 is 2.47 bits per heavy atom. The van der Waals surface area contributed by atoms with E-state index in [-0.39, 0.29) is 4.90 Å². The summed E-state index contributed by atoms with van der Waals surface area (Å²) in [5.74, 6) is 0. The van der Waals surface area contributed by atoms with Gasteiger partial charge in [-0.25, -0.2) is 13.6 Å². The summed E-state index contributed by atoms with van der Waals surface area (Å²) in [6, 6.07) is 12.2. The third kappa shape index (κ3) is 3.73. The number of rotatable bonds is 3. The van der Waals surface area contributed by atoms with Crippen LogP contribution in [0.2, 0.25) is 0 Å². The summed E-state index contributed by atoms with van der Waals surface area (Å²) in [6.45, 7) is 0. The van der Waals surface area contributed by atoms with E-state index in [1.807, 2.05) is 24.3 Å². The van der Waals surface area contributed by atoms with Crippen LogP contribution in [0.15, 0.2) is 61.6 Å². The van der Waals surface area contributed by atoms with E-state index in [1.165, 1.54) is 17.8 Å². The highest BCUT2D eigenvalue weighted by Crippen LogP contribution is 2.34. The van der Waals surface area contributed by atoms with E-state index < -0.39 is 10.0 Å². The van der Waals surface area contributed by atoms with Gasteiger partial charge in [0.25, 0.3) is 0 Å². The molecule has 2 rings (SSSR count). The number of hydrogen-bond donors (Lipinski definition) is 2. The Hall–Kier alpha value is -1.02. The molecule has 0 aliphatic carbocycles. The molecule has 0 radical (unpaired) electrons. The summed E-state index contributed by atoms with van der Waals surface area (Å²) in [5.41, 5.74) is 5.97. The highest BCUT2D eigenvalue weighted by atomic mass is 79.9. The SMILES string of the molecule is Nc1ccc(Sc2cccc(Br)c2)c(S(N)(=O)=O)c1. The van der Waals surface area contributed by atoms with Gasteiger partial charge in [-0.15, -0.1) is 0 Å². The Morgan fingerprint density at radius 1 is 1.11 bits per heavy atom. The predicted molar refractivity (Wildman–Crippen MR) is 80.5 cm³/mol. The molecule has 0 saturated heterocycles. The Balaban J connectivity index is 2.46. The van der Waals surface area contributed by atoms with Crippen molar-refractivity contribution in [2.24, 2.45) is 5.14 Å². The topological polar surface area (TPSA) is 86.2 Å². The summed E-state index contributed by atoms with van der Waals surface area (Å²) < 4.78 is 24.0. The first-order valence-electron chi connectivity index (χ1n) is 5.22. The van der Waals surface area contributed by atoms with Crippen molar-refractivity contribution < 1.29 is 8.42 Å². The molecule has 0 atom stereocenters. The summed E-state index contributed by atoms with van der Waals surface area (Å²) in [6.07, 6.45) is 0. The van der Waals surface area contributed by atoms with E-state index in [9.17, 15) is 8.42 Å². The molecule has 4 N–H and O–H groups in total. The second kappa shape index (κ2) is 5.54. The van der Waals surface area contributed by atoms with Gasteiger partial charge >= 0.3 is 0 Å². The van der Waals surface area contributed by atoms with Gasteiger partial charge in [0, 0.05) is 20.0 Å². The number of nitrogens with two attached hydrogens (primary N) is 2. The van der Waals surface area contributed by atoms with Crippen LogP contribution in [0, 0.1) is 0 Å². The Labute approximate surface area is 124 Å². The molecular weight excluding hydrogens is 348 g/mol. The summed E-state index contributed by atoms with van der Waals surface area (Å²) in [7, 11) is -3.80. The molecule has 0 saturated carbocycles. The van der Waals surface area contributed by atoms with Crippen LogP contribution >= 0.6 is 27.7 Å². The molecule has 0 aliphatic rings. The highest BCUT2D eigenvalue weighted by Gasteiger charge is 2.15. The zero-order valence-corrected chi connectivity index (χ0v) is 12.9. The van der Waals surface area contributed by atoms with Gasteiger partial charge in [-0.2, -0.15) is 0 Å². The molecule has 0 unspecified atom stereocenters. The molecule has 4 nitrogen and oxygen atoms in total. The van der Waals surface area contributed by atoms with Crippen LogP contribution < -0.4 is 10.9 Å². The van der Waals surface area contributed by atoms with Gasteiger partial charge in [0.2, 0.25) is 10.0 Å². The van der Waals surface area contributed by atoms with E-state index in [1.54, 1.807) is 12.1 Å². The molecule has 0 fully saturated rings. The molecule has 0 aromatic heterocycles. The van der Waals surface area contributed by atoms with Crippen LogP contribution in [0.1, 0.15) is 0 Å². The average Bonchev–Trinajstić information content (AvgIpc) is 2.30. The third-order valence-electron chi connectivity index (χ3n) is 2.30. The van der Waals surface area contributed by atoms with Crippen LogP contribution in [0.5, 0.6) is 0 Å². The molecular formula is C12H11BrN2O2S2. The minimum atomic E-state index is -3.80. The number of nitrogen functional groups attached to an aromatic ring is 1. The van der Waals surface area contributed by atoms with Crippen molar-refractivity contribution in [1.82, 2.24) is 0 Å². The lowest BCUT2D eigenvalue weighted by Gasteiger charge is -2.08. The minimum absolute atomic E-state index is 0.0393. The van der Waals surface area contributed by atoms with E-state index in [2.05, 4.69) is 15.9 Å². The largest absolute Gasteiger partial charge is 0.399 e. The van der Waals surface area contributed by atoms with Gasteiger partial charge in [0.05, 0.1) is 4.90 Å². The molecule has 100 valence electrons. The van der Waals surface area contributed by atoms with Crippen LogP contribution in [0.4, 0.5) is 5.69 Å².